The van der Waals surface area contributed by atoms with Crippen LogP contribution in [0.5, 0.6) is 0 Å². The summed E-state index contributed by atoms with van der Waals surface area (Å²) in [4.78, 5) is 2.65. The number of nitrogens with zero attached hydrogens (tertiary/aromatic N) is 1. The van der Waals surface area contributed by atoms with Gasteiger partial charge in [0.25, 0.3) is 0 Å². The molecule has 0 aromatic carbocycles. The van der Waals surface area contributed by atoms with Gasteiger partial charge in [-0.15, -0.1) is 0 Å². The highest BCUT2D eigenvalue weighted by molar-refractivity contribution is 4.93. The summed E-state index contributed by atoms with van der Waals surface area (Å²) in [5.41, 5.74) is 0.279. The second kappa shape index (κ2) is 7.91. The predicted octanol–water partition coefficient (Wildman–Crippen LogP) is 2.14. The van der Waals surface area contributed by atoms with Crippen molar-refractivity contribution in [3.05, 3.63) is 0 Å². The molecule has 2 atom stereocenters. The van der Waals surface area contributed by atoms with Crippen molar-refractivity contribution in [3.63, 3.8) is 0 Å². The Morgan fingerprint density at radius 1 is 1.33 bits per heavy atom. The molecule has 0 bridgehead atoms. The molecule has 124 valence electrons. The Morgan fingerprint density at radius 2 is 2.10 bits per heavy atom. The Bertz CT molecular complexity index is 299. The molecule has 0 amide bonds. The van der Waals surface area contributed by atoms with Crippen LogP contribution < -0.4 is 5.32 Å². The van der Waals surface area contributed by atoms with Crippen molar-refractivity contribution in [2.24, 2.45) is 11.3 Å². The zero-order valence-corrected chi connectivity index (χ0v) is 14.4. The van der Waals surface area contributed by atoms with Crippen LogP contribution >= 0.6 is 0 Å². The monoisotopic (exact) mass is 298 g/mol. The molecule has 1 saturated heterocycles. The Kier molecular flexibility index (Phi) is 6.48. The average Bonchev–Trinajstić information content (AvgIpc) is 3.21. The van der Waals surface area contributed by atoms with Crippen molar-refractivity contribution in [2.45, 2.75) is 52.1 Å². The fourth-order valence-corrected chi connectivity index (χ4v) is 3.33. The van der Waals surface area contributed by atoms with Gasteiger partial charge in [0.15, 0.2) is 0 Å². The lowest BCUT2D eigenvalue weighted by atomic mass is 9.85. The van der Waals surface area contributed by atoms with Gasteiger partial charge in [0, 0.05) is 50.8 Å². The van der Waals surface area contributed by atoms with Crippen molar-refractivity contribution >= 4 is 0 Å². The molecule has 1 aliphatic carbocycles. The number of nitrogens with one attached hydrogen (secondary N) is 1. The lowest BCUT2D eigenvalue weighted by Gasteiger charge is -2.38. The first kappa shape index (κ1) is 17.2. The van der Waals surface area contributed by atoms with Crippen molar-refractivity contribution in [1.29, 1.82) is 0 Å². The summed E-state index contributed by atoms with van der Waals surface area (Å²) in [5.74, 6) is 0.902. The van der Waals surface area contributed by atoms with E-state index >= 15 is 0 Å². The lowest BCUT2D eigenvalue weighted by molar-refractivity contribution is 0.0598. The molecule has 4 nitrogen and oxygen atoms in total. The van der Waals surface area contributed by atoms with Gasteiger partial charge in [0.2, 0.25) is 0 Å². The Labute approximate surface area is 130 Å². The van der Waals surface area contributed by atoms with Crippen LogP contribution in [-0.4, -0.2) is 63.5 Å². The van der Waals surface area contributed by atoms with E-state index in [0.29, 0.717) is 12.1 Å². The number of hydrogen-bond acceptors (Lipinski definition) is 4. The molecule has 1 heterocycles. The largest absolute Gasteiger partial charge is 0.383 e. The zero-order valence-electron chi connectivity index (χ0n) is 14.4. The topological polar surface area (TPSA) is 33.7 Å². The third kappa shape index (κ3) is 5.20. The molecule has 2 aliphatic rings. The van der Waals surface area contributed by atoms with Crippen LogP contribution in [0.1, 0.15) is 40.0 Å². The highest BCUT2D eigenvalue weighted by atomic mass is 16.5. The highest BCUT2D eigenvalue weighted by Gasteiger charge is 2.40. The number of methoxy groups -OCH3 is 1. The third-order valence-corrected chi connectivity index (χ3v) is 5.07. The van der Waals surface area contributed by atoms with Crippen molar-refractivity contribution < 1.29 is 9.47 Å². The average molecular weight is 298 g/mol. The van der Waals surface area contributed by atoms with Crippen LogP contribution in [0.2, 0.25) is 0 Å². The molecule has 2 unspecified atom stereocenters. The maximum atomic E-state index is 5.76. The van der Waals surface area contributed by atoms with Gasteiger partial charge in [0.05, 0.1) is 13.2 Å². The Morgan fingerprint density at radius 3 is 2.62 bits per heavy atom. The number of rotatable bonds is 10. The molecule has 1 N–H and O–H groups in total. The van der Waals surface area contributed by atoms with Crippen LogP contribution in [0, 0.1) is 11.3 Å². The highest BCUT2D eigenvalue weighted by Crippen LogP contribution is 2.37. The van der Waals surface area contributed by atoms with Gasteiger partial charge in [0.1, 0.15) is 0 Å². The van der Waals surface area contributed by atoms with E-state index in [1.165, 1.54) is 19.3 Å². The number of ether oxygens (including phenoxy) is 2. The normalized spacial score (nSPS) is 27.7. The molecular formula is C17H34N2O2. The summed E-state index contributed by atoms with van der Waals surface area (Å²) < 4.78 is 11.1. The quantitative estimate of drug-likeness (QED) is 0.670. The minimum absolute atomic E-state index is 0.279. The van der Waals surface area contributed by atoms with Crippen LogP contribution in [-0.2, 0) is 9.47 Å². The molecule has 0 aromatic heterocycles. The van der Waals surface area contributed by atoms with E-state index in [9.17, 15) is 0 Å². The van der Waals surface area contributed by atoms with Gasteiger partial charge >= 0.3 is 0 Å². The maximum Gasteiger partial charge on any atom is 0.0589 e. The van der Waals surface area contributed by atoms with E-state index in [2.05, 4.69) is 31.0 Å². The number of hydrogen-bond donors (Lipinski definition) is 1. The summed E-state index contributed by atoms with van der Waals surface area (Å²) in [6.07, 6.45) is 3.98. The molecule has 1 saturated carbocycles. The first-order valence-corrected chi connectivity index (χ1v) is 8.60. The SMILES string of the molecule is COCCN(CC1(CNC(C)C)CCOC1)C(C)C1CC1. The molecule has 0 spiro atoms. The van der Waals surface area contributed by atoms with Crippen LogP contribution in [0.25, 0.3) is 0 Å². The van der Waals surface area contributed by atoms with Gasteiger partial charge in [-0.25, -0.2) is 0 Å². The summed E-state index contributed by atoms with van der Waals surface area (Å²) in [6, 6.07) is 1.22. The molecule has 1 aliphatic heterocycles. The van der Waals surface area contributed by atoms with E-state index in [1.54, 1.807) is 7.11 Å². The van der Waals surface area contributed by atoms with Gasteiger partial charge in [-0.1, -0.05) is 13.8 Å². The van der Waals surface area contributed by atoms with Crippen molar-refractivity contribution in [1.82, 2.24) is 10.2 Å². The van der Waals surface area contributed by atoms with Gasteiger partial charge in [-0.3, -0.25) is 4.90 Å². The molecule has 0 aromatic rings. The minimum Gasteiger partial charge on any atom is -0.383 e. The van der Waals surface area contributed by atoms with Crippen LogP contribution in [0.15, 0.2) is 0 Å². The van der Waals surface area contributed by atoms with E-state index in [-0.39, 0.29) is 5.41 Å². The molecule has 2 rings (SSSR count). The minimum atomic E-state index is 0.279. The van der Waals surface area contributed by atoms with E-state index < -0.39 is 0 Å². The second-order valence-electron chi connectivity index (χ2n) is 7.38. The second-order valence-corrected chi connectivity index (χ2v) is 7.38. The van der Waals surface area contributed by atoms with Crippen molar-refractivity contribution in [2.75, 3.05) is 46.6 Å². The third-order valence-electron chi connectivity index (χ3n) is 5.07. The van der Waals surface area contributed by atoms with Crippen LogP contribution in [0.3, 0.4) is 0 Å². The van der Waals surface area contributed by atoms with E-state index in [1.807, 2.05) is 0 Å². The standard InChI is InChI=1S/C17H34N2O2/c1-14(2)18-11-17(7-9-21-13-17)12-19(8-10-20-4)15(3)16-5-6-16/h14-16,18H,5-13H2,1-4H3. The van der Waals surface area contributed by atoms with E-state index in [4.69, 9.17) is 9.47 Å². The van der Waals surface area contributed by atoms with Gasteiger partial charge in [-0.2, -0.15) is 0 Å². The summed E-state index contributed by atoms with van der Waals surface area (Å²) in [7, 11) is 1.80. The maximum absolute atomic E-state index is 5.76. The van der Waals surface area contributed by atoms with Crippen molar-refractivity contribution in [3.8, 4) is 0 Å². The van der Waals surface area contributed by atoms with Crippen LogP contribution in [0.4, 0.5) is 0 Å². The Hall–Kier alpha value is -0.160. The summed E-state index contributed by atoms with van der Waals surface area (Å²) in [6.45, 7) is 12.7. The summed E-state index contributed by atoms with van der Waals surface area (Å²) in [5, 5.41) is 3.64. The molecule has 2 fully saturated rings. The zero-order chi connectivity index (χ0) is 15.3. The molecular weight excluding hydrogens is 264 g/mol. The summed E-state index contributed by atoms with van der Waals surface area (Å²) >= 11 is 0. The molecule has 21 heavy (non-hydrogen) atoms. The van der Waals surface area contributed by atoms with Gasteiger partial charge < -0.3 is 14.8 Å². The van der Waals surface area contributed by atoms with E-state index in [0.717, 1.165) is 45.4 Å². The molecule has 4 heteroatoms. The lowest BCUT2D eigenvalue weighted by Crippen LogP contribution is -2.49. The van der Waals surface area contributed by atoms with Gasteiger partial charge in [-0.05, 0) is 32.1 Å². The Balaban J connectivity index is 1.96. The smallest absolute Gasteiger partial charge is 0.0589 e. The fourth-order valence-electron chi connectivity index (χ4n) is 3.33. The predicted molar refractivity (Wildman–Crippen MR) is 86.6 cm³/mol. The first-order valence-electron chi connectivity index (χ1n) is 8.60. The first-order chi connectivity index (χ1) is 10.1. The fraction of sp³-hybridized carbons (Fsp3) is 1.00. The molecule has 0 radical (unpaired) electrons.